The zero-order valence-electron chi connectivity index (χ0n) is 14.1. The van der Waals surface area contributed by atoms with Gasteiger partial charge in [-0.15, -0.1) is 0 Å². The van der Waals surface area contributed by atoms with Gasteiger partial charge in [-0.05, 0) is 31.7 Å². The van der Waals surface area contributed by atoms with Crippen molar-refractivity contribution in [2.75, 3.05) is 5.32 Å². The average molecular weight is 335 g/mol. The molecule has 3 aromatic rings. The van der Waals surface area contributed by atoms with E-state index in [0.717, 1.165) is 28.2 Å². The van der Waals surface area contributed by atoms with Gasteiger partial charge in [0.15, 0.2) is 18.0 Å². The van der Waals surface area contributed by atoms with Gasteiger partial charge in [0.2, 0.25) is 0 Å². The van der Waals surface area contributed by atoms with Crippen LogP contribution in [0.1, 0.15) is 48.9 Å². The zero-order valence-corrected chi connectivity index (χ0v) is 14.1. The number of pyridine rings is 1. The third-order valence-corrected chi connectivity index (χ3v) is 5.85. The summed E-state index contributed by atoms with van der Waals surface area (Å²) in [4.78, 5) is 4.99. The predicted molar refractivity (Wildman–Crippen MR) is 94.2 cm³/mol. The zero-order chi connectivity index (χ0) is 16.9. The first-order chi connectivity index (χ1) is 12.3. The molecule has 1 spiro atoms. The molecule has 1 fully saturated rings. The first-order valence-corrected chi connectivity index (χ1v) is 9.04. The van der Waals surface area contributed by atoms with Crippen molar-refractivity contribution < 1.29 is 4.73 Å². The van der Waals surface area contributed by atoms with Gasteiger partial charge in [-0.1, -0.05) is 12.8 Å². The Labute approximate surface area is 146 Å². The Kier molecular flexibility index (Phi) is 3.20. The van der Waals surface area contributed by atoms with Crippen LogP contribution in [-0.2, 0) is 18.4 Å². The number of rotatable bonds is 3. The van der Waals surface area contributed by atoms with E-state index in [9.17, 15) is 5.21 Å². The molecule has 0 aliphatic heterocycles. The van der Waals surface area contributed by atoms with Gasteiger partial charge >= 0.3 is 0 Å². The second kappa shape index (κ2) is 5.44. The second-order valence-corrected chi connectivity index (χ2v) is 7.30. The lowest BCUT2D eigenvalue weighted by Crippen LogP contribution is -2.25. The van der Waals surface area contributed by atoms with Crippen molar-refractivity contribution in [3.05, 3.63) is 58.8 Å². The van der Waals surface area contributed by atoms with Gasteiger partial charge in [0.25, 0.3) is 0 Å². The Morgan fingerprint density at radius 2 is 2.12 bits per heavy atom. The summed E-state index contributed by atoms with van der Waals surface area (Å²) >= 11 is 0. The highest BCUT2D eigenvalue weighted by Crippen LogP contribution is 2.50. The molecule has 0 radical (unpaired) electrons. The molecule has 25 heavy (non-hydrogen) atoms. The highest BCUT2D eigenvalue weighted by atomic mass is 16.5. The van der Waals surface area contributed by atoms with Crippen molar-refractivity contribution in [2.45, 2.75) is 50.5 Å². The van der Waals surface area contributed by atoms with Crippen LogP contribution in [0.2, 0.25) is 0 Å². The van der Waals surface area contributed by atoms with Crippen molar-refractivity contribution in [3.63, 3.8) is 0 Å². The molecule has 6 heteroatoms. The van der Waals surface area contributed by atoms with E-state index in [-0.39, 0.29) is 5.41 Å². The number of fused-ring (bicyclic) bond motifs is 3. The molecule has 3 aromatic heterocycles. The minimum Gasteiger partial charge on any atom is -0.619 e. The van der Waals surface area contributed by atoms with Gasteiger partial charge in [0.05, 0.1) is 11.9 Å². The minimum atomic E-state index is 0.280. The third kappa shape index (κ3) is 2.27. The number of nitrogens with one attached hydrogen (secondary N) is 1. The van der Waals surface area contributed by atoms with E-state index in [1.54, 1.807) is 18.5 Å². The summed E-state index contributed by atoms with van der Waals surface area (Å²) in [5.74, 6) is 1.04. The highest BCUT2D eigenvalue weighted by Gasteiger charge is 2.44. The molecule has 0 atom stereocenters. The third-order valence-electron chi connectivity index (χ3n) is 5.85. The summed E-state index contributed by atoms with van der Waals surface area (Å²) in [6, 6.07) is 5.71. The fourth-order valence-corrected chi connectivity index (χ4v) is 4.64. The molecule has 5 rings (SSSR count). The van der Waals surface area contributed by atoms with E-state index in [4.69, 9.17) is 4.98 Å². The van der Waals surface area contributed by atoms with Gasteiger partial charge in [-0.3, -0.25) is 0 Å². The monoisotopic (exact) mass is 335 g/mol. The van der Waals surface area contributed by atoms with E-state index >= 15 is 0 Å². The first kappa shape index (κ1) is 14.7. The maximum atomic E-state index is 11.5. The summed E-state index contributed by atoms with van der Waals surface area (Å²) in [5, 5.41) is 19.5. The molecule has 0 bridgehead atoms. The lowest BCUT2D eigenvalue weighted by molar-refractivity contribution is -0.605. The van der Waals surface area contributed by atoms with Crippen molar-refractivity contribution >= 4 is 11.5 Å². The SMILES string of the molecule is [O-][n+]1cccc(CNc2c3c(nc4ccnn24)C2(CCCC2)CC3)c1. The molecule has 2 aliphatic rings. The van der Waals surface area contributed by atoms with Crippen LogP contribution < -0.4 is 10.0 Å². The van der Waals surface area contributed by atoms with Crippen LogP contribution in [0, 0.1) is 5.21 Å². The lowest BCUT2D eigenvalue weighted by atomic mass is 9.83. The van der Waals surface area contributed by atoms with Crippen LogP contribution in [0.25, 0.3) is 5.65 Å². The summed E-state index contributed by atoms with van der Waals surface area (Å²) in [6.45, 7) is 0.599. The number of aromatic nitrogens is 4. The van der Waals surface area contributed by atoms with Crippen molar-refractivity contribution in [3.8, 4) is 0 Å². The van der Waals surface area contributed by atoms with E-state index < -0.39 is 0 Å². The minimum absolute atomic E-state index is 0.280. The molecule has 0 amide bonds. The summed E-state index contributed by atoms with van der Waals surface area (Å²) in [5.41, 5.74) is 4.73. The van der Waals surface area contributed by atoms with Gasteiger partial charge < -0.3 is 10.5 Å². The normalized spacial score (nSPS) is 18.1. The fraction of sp³-hybridized carbons (Fsp3) is 0.421. The molecular formula is C19H21N5O. The molecular weight excluding hydrogens is 314 g/mol. The van der Waals surface area contributed by atoms with Crippen LogP contribution in [-0.4, -0.2) is 14.6 Å². The van der Waals surface area contributed by atoms with E-state index in [1.165, 1.54) is 49.6 Å². The molecule has 0 unspecified atom stereocenters. The van der Waals surface area contributed by atoms with Crippen molar-refractivity contribution in [1.29, 1.82) is 0 Å². The molecule has 128 valence electrons. The van der Waals surface area contributed by atoms with Gasteiger partial charge in [-0.2, -0.15) is 14.3 Å². The van der Waals surface area contributed by atoms with Gasteiger partial charge in [0.1, 0.15) is 5.82 Å². The summed E-state index contributed by atoms with van der Waals surface area (Å²) < 4.78 is 2.74. The van der Waals surface area contributed by atoms with Crippen LogP contribution in [0.15, 0.2) is 36.8 Å². The molecule has 6 nitrogen and oxygen atoms in total. The number of hydrogen-bond acceptors (Lipinski definition) is 4. The predicted octanol–water partition coefficient (Wildman–Crippen LogP) is 2.73. The van der Waals surface area contributed by atoms with Gasteiger partial charge in [0, 0.05) is 35.2 Å². The summed E-state index contributed by atoms with van der Waals surface area (Å²) in [6.07, 6.45) is 12.3. The first-order valence-electron chi connectivity index (χ1n) is 9.04. The van der Waals surface area contributed by atoms with Crippen LogP contribution in [0.4, 0.5) is 5.82 Å². The number of anilines is 1. The molecule has 2 aliphatic carbocycles. The van der Waals surface area contributed by atoms with E-state index in [1.807, 2.05) is 16.6 Å². The summed E-state index contributed by atoms with van der Waals surface area (Å²) in [7, 11) is 0. The fourth-order valence-electron chi connectivity index (χ4n) is 4.64. The maximum Gasteiger partial charge on any atom is 0.185 e. The topological polar surface area (TPSA) is 69.2 Å². The quantitative estimate of drug-likeness (QED) is 0.590. The number of hydrogen-bond donors (Lipinski definition) is 1. The Morgan fingerprint density at radius 3 is 2.96 bits per heavy atom. The van der Waals surface area contributed by atoms with Crippen LogP contribution >= 0.6 is 0 Å². The largest absolute Gasteiger partial charge is 0.619 e. The number of nitrogens with zero attached hydrogens (tertiary/aromatic N) is 4. The van der Waals surface area contributed by atoms with Crippen molar-refractivity contribution in [2.24, 2.45) is 0 Å². The standard InChI is InChI=1S/C19H21N5O/c25-23-11-3-4-14(13-23)12-20-18-15-5-9-19(7-1-2-8-19)17(15)22-16-6-10-21-24(16)18/h3-4,6,10-11,13,20H,1-2,5,7-9,12H2. The van der Waals surface area contributed by atoms with Gasteiger partial charge in [-0.25, -0.2) is 4.98 Å². The molecule has 0 saturated heterocycles. The molecule has 0 aromatic carbocycles. The Morgan fingerprint density at radius 1 is 1.24 bits per heavy atom. The molecule has 3 heterocycles. The van der Waals surface area contributed by atoms with Crippen LogP contribution in [0.5, 0.6) is 0 Å². The Bertz CT molecular complexity index is 942. The molecule has 1 saturated carbocycles. The smallest absolute Gasteiger partial charge is 0.185 e. The lowest BCUT2D eigenvalue weighted by Gasteiger charge is -2.23. The second-order valence-electron chi connectivity index (χ2n) is 7.30. The Hall–Kier alpha value is -2.63. The average Bonchev–Trinajstić information content (AvgIpc) is 3.34. The Balaban J connectivity index is 1.57. The van der Waals surface area contributed by atoms with Crippen molar-refractivity contribution in [1.82, 2.24) is 14.6 Å². The molecule has 1 N–H and O–H groups in total. The maximum absolute atomic E-state index is 11.5. The van der Waals surface area contributed by atoms with E-state index in [2.05, 4.69) is 10.4 Å². The highest BCUT2D eigenvalue weighted by molar-refractivity contribution is 5.59. The van der Waals surface area contributed by atoms with E-state index in [0.29, 0.717) is 6.54 Å². The van der Waals surface area contributed by atoms with Crippen LogP contribution in [0.3, 0.4) is 0 Å².